The highest BCUT2D eigenvalue weighted by molar-refractivity contribution is 6.67. The number of amides is 1. The summed E-state index contributed by atoms with van der Waals surface area (Å²) in [6.45, 7) is 0.545. The molecule has 1 N–H and O–H groups in total. The molecule has 0 saturated heterocycles. The van der Waals surface area contributed by atoms with E-state index < -0.39 is 5.24 Å². The number of benzene rings is 3. The Labute approximate surface area is 151 Å². The van der Waals surface area contributed by atoms with Gasteiger partial charge in [0.15, 0.2) is 0 Å². The van der Waals surface area contributed by atoms with E-state index in [1.807, 2.05) is 60.7 Å². The number of carbonyl (C=O) groups is 2. The molecule has 0 aliphatic rings. The monoisotopic (exact) mass is 351 g/mol. The molecule has 0 atom stereocenters. The summed E-state index contributed by atoms with van der Waals surface area (Å²) in [4.78, 5) is 23.4. The highest BCUT2D eigenvalue weighted by atomic mass is 35.5. The Kier molecular flexibility index (Phi) is 5.46. The molecule has 0 fully saturated rings. The Morgan fingerprint density at radius 2 is 1.72 bits per heavy atom. The number of fused-ring (bicyclic) bond motifs is 1. The van der Waals surface area contributed by atoms with Crippen LogP contribution in [0.5, 0.6) is 0 Å². The highest BCUT2D eigenvalue weighted by Crippen LogP contribution is 2.21. The molecule has 0 aromatic heterocycles. The van der Waals surface area contributed by atoms with Gasteiger partial charge >= 0.3 is 0 Å². The van der Waals surface area contributed by atoms with Gasteiger partial charge in [0.2, 0.25) is 5.91 Å². The summed E-state index contributed by atoms with van der Waals surface area (Å²) in [7, 11) is 0. The fourth-order valence-electron chi connectivity index (χ4n) is 2.86. The lowest BCUT2D eigenvalue weighted by Gasteiger charge is -2.09. The Morgan fingerprint density at radius 3 is 2.48 bits per heavy atom. The van der Waals surface area contributed by atoms with Crippen molar-refractivity contribution in [2.75, 3.05) is 6.54 Å². The first kappa shape index (κ1) is 17.2. The molecule has 3 nitrogen and oxygen atoms in total. The first-order valence-corrected chi connectivity index (χ1v) is 8.53. The third-order valence-corrected chi connectivity index (χ3v) is 4.34. The maximum absolute atomic E-state index is 12.0. The molecule has 126 valence electrons. The SMILES string of the molecule is O=C(Cc1ccccc1)NCCc1cccc2ccc(C(=O)Cl)cc12. The van der Waals surface area contributed by atoms with Gasteiger partial charge in [-0.05, 0) is 52.1 Å². The van der Waals surface area contributed by atoms with Crippen LogP contribution in [0.4, 0.5) is 0 Å². The van der Waals surface area contributed by atoms with Gasteiger partial charge in [-0.3, -0.25) is 9.59 Å². The average Bonchev–Trinajstić information content (AvgIpc) is 2.62. The number of rotatable bonds is 6. The van der Waals surface area contributed by atoms with Gasteiger partial charge in [0.05, 0.1) is 6.42 Å². The standard InChI is InChI=1S/C21H18ClNO2/c22-21(25)18-10-9-16-7-4-8-17(19(16)14-18)11-12-23-20(24)13-15-5-2-1-3-6-15/h1-10,14H,11-13H2,(H,23,24). The van der Waals surface area contributed by atoms with Crippen LogP contribution in [-0.2, 0) is 17.6 Å². The van der Waals surface area contributed by atoms with E-state index in [-0.39, 0.29) is 5.91 Å². The molecule has 4 heteroatoms. The topological polar surface area (TPSA) is 46.2 Å². The van der Waals surface area contributed by atoms with Crippen molar-refractivity contribution in [3.05, 3.63) is 83.4 Å². The van der Waals surface area contributed by atoms with Crippen LogP contribution in [0.2, 0.25) is 0 Å². The highest BCUT2D eigenvalue weighted by Gasteiger charge is 2.07. The molecule has 0 spiro atoms. The zero-order chi connectivity index (χ0) is 17.6. The van der Waals surface area contributed by atoms with Crippen molar-refractivity contribution in [2.45, 2.75) is 12.8 Å². The molecule has 1 amide bonds. The Bertz CT molecular complexity index is 906. The molecule has 0 radical (unpaired) electrons. The normalized spacial score (nSPS) is 10.6. The zero-order valence-electron chi connectivity index (χ0n) is 13.7. The predicted octanol–water partition coefficient (Wildman–Crippen LogP) is 4.12. The van der Waals surface area contributed by atoms with E-state index in [4.69, 9.17) is 11.6 Å². The van der Waals surface area contributed by atoms with E-state index >= 15 is 0 Å². The van der Waals surface area contributed by atoms with Gasteiger partial charge in [0.25, 0.3) is 5.24 Å². The molecule has 0 aliphatic carbocycles. The summed E-state index contributed by atoms with van der Waals surface area (Å²) in [5, 5.41) is 4.53. The molecule has 0 saturated carbocycles. The molecule has 0 heterocycles. The van der Waals surface area contributed by atoms with Crippen molar-refractivity contribution in [1.82, 2.24) is 5.32 Å². The van der Waals surface area contributed by atoms with E-state index in [1.165, 1.54) is 0 Å². The molecule has 0 aliphatic heterocycles. The average molecular weight is 352 g/mol. The maximum atomic E-state index is 12.0. The lowest BCUT2D eigenvalue weighted by molar-refractivity contribution is -0.120. The van der Waals surface area contributed by atoms with Gasteiger partial charge in [-0.25, -0.2) is 0 Å². The fourth-order valence-corrected chi connectivity index (χ4v) is 2.98. The van der Waals surface area contributed by atoms with Crippen molar-refractivity contribution in [3.8, 4) is 0 Å². The van der Waals surface area contributed by atoms with E-state index in [0.717, 1.165) is 21.9 Å². The second kappa shape index (κ2) is 7.95. The summed E-state index contributed by atoms with van der Waals surface area (Å²) >= 11 is 5.58. The van der Waals surface area contributed by atoms with Crippen LogP contribution in [0.15, 0.2) is 66.7 Å². The van der Waals surface area contributed by atoms with Gasteiger partial charge in [-0.2, -0.15) is 0 Å². The van der Waals surface area contributed by atoms with Crippen LogP contribution in [0, 0.1) is 0 Å². The summed E-state index contributed by atoms with van der Waals surface area (Å²) < 4.78 is 0. The number of carbonyl (C=O) groups excluding carboxylic acids is 2. The third-order valence-electron chi connectivity index (χ3n) is 4.12. The summed E-state index contributed by atoms with van der Waals surface area (Å²) in [5.74, 6) is 0.00283. The zero-order valence-corrected chi connectivity index (χ0v) is 14.4. The molecule has 3 aromatic carbocycles. The number of nitrogens with one attached hydrogen (secondary N) is 1. The minimum Gasteiger partial charge on any atom is -0.355 e. The van der Waals surface area contributed by atoms with Crippen molar-refractivity contribution in [2.24, 2.45) is 0 Å². The predicted molar refractivity (Wildman–Crippen MR) is 101 cm³/mol. The van der Waals surface area contributed by atoms with Gasteiger partial charge in [0.1, 0.15) is 0 Å². The van der Waals surface area contributed by atoms with Crippen LogP contribution >= 0.6 is 11.6 Å². The lowest BCUT2D eigenvalue weighted by atomic mass is 10.00. The molecule has 3 aromatic rings. The van der Waals surface area contributed by atoms with E-state index in [0.29, 0.717) is 24.9 Å². The first-order chi connectivity index (χ1) is 12.1. The number of halogens is 1. The van der Waals surface area contributed by atoms with E-state index in [2.05, 4.69) is 5.32 Å². The fraction of sp³-hybridized carbons (Fsp3) is 0.143. The van der Waals surface area contributed by atoms with Crippen LogP contribution < -0.4 is 5.32 Å². The lowest BCUT2D eigenvalue weighted by Crippen LogP contribution is -2.27. The number of hydrogen-bond donors (Lipinski definition) is 1. The summed E-state index contributed by atoms with van der Waals surface area (Å²) in [5.41, 5.74) is 2.56. The van der Waals surface area contributed by atoms with Crippen molar-refractivity contribution >= 4 is 33.5 Å². The maximum Gasteiger partial charge on any atom is 0.252 e. The van der Waals surface area contributed by atoms with Crippen LogP contribution in [0.1, 0.15) is 21.5 Å². The van der Waals surface area contributed by atoms with Gasteiger partial charge < -0.3 is 5.32 Å². The van der Waals surface area contributed by atoms with Crippen molar-refractivity contribution in [1.29, 1.82) is 0 Å². The minimum absolute atomic E-state index is 0.00283. The molecule has 3 rings (SSSR count). The number of hydrogen-bond acceptors (Lipinski definition) is 2. The van der Waals surface area contributed by atoms with E-state index in [1.54, 1.807) is 6.07 Å². The smallest absolute Gasteiger partial charge is 0.252 e. The van der Waals surface area contributed by atoms with Gasteiger partial charge in [0, 0.05) is 12.1 Å². The molecule has 0 unspecified atom stereocenters. The Balaban J connectivity index is 1.65. The van der Waals surface area contributed by atoms with Crippen LogP contribution in [0.25, 0.3) is 10.8 Å². The minimum atomic E-state index is -0.465. The first-order valence-electron chi connectivity index (χ1n) is 8.15. The van der Waals surface area contributed by atoms with Gasteiger partial charge in [-0.15, -0.1) is 0 Å². The second-order valence-corrected chi connectivity index (χ2v) is 6.23. The Morgan fingerprint density at radius 1 is 0.920 bits per heavy atom. The van der Waals surface area contributed by atoms with Crippen LogP contribution in [0.3, 0.4) is 0 Å². The quantitative estimate of drug-likeness (QED) is 0.679. The van der Waals surface area contributed by atoms with E-state index in [9.17, 15) is 9.59 Å². The Hall–Kier alpha value is -2.65. The second-order valence-electron chi connectivity index (χ2n) is 5.89. The largest absolute Gasteiger partial charge is 0.355 e. The third kappa shape index (κ3) is 4.46. The van der Waals surface area contributed by atoms with Crippen molar-refractivity contribution in [3.63, 3.8) is 0 Å². The molecule has 0 bridgehead atoms. The van der Waals surface area contributed by atoms with Gasteiger partial charge in [-0.1, -0.05) is 54.6 Å². The summed E-state index contributed by atoms with van der Waals surface area (Å²) in [6.07, 6.45) is 1.07. The molecule has 25 heavy (non-hydrogen) atoms. The van der Waals surface area contributed by atoms with Crippen LogP contribution in [-0.4, -0.2) is 17.7 Å². The molecular weight excluding hydrogens is 334 g/mol. The molecular formula is C21H18ClNO2. The summed E-state index contributed by atoms with van der Waals surface area (Å²) in [6, 6.07) is 21.1. The van der Waals surface area contributed by atoms with Crippen molar-refractivity contribution < 1.29 is 9.59 Å².